The molecule has 0 aliphatic carbocycles. The van der Waals surface area contributed by atoms with Gasteiger partial charge in [0.25, 0.3) is 0 Å². The maximum Gasteiger partial charge on any atom is 0.410 e. The highest BCUT2D eigenvalue weighted by atomic mass is 79.9. The first-order valence-corrected chi connectivity index (χ1v) is 7.35. The Balaban J connectivity index is 2.89. The highest BCUT2D eigenvalue weighted by Crippen LogP contribution is 2.22. The zero-order chi connectivity index (χ0) is 15.5. The smallest absolute Gasteiger partial charge is 0.410 e. The molecule has 0 aromatic heterocycles. The number of ether oxygens (including phenoxy) is 1. The second-order valence-electron chi connectivity index (χ2n) is 5.69. The molecule has 5 heteroatoms. The van der Waals surface area contributed by atoms with Gasteiger partial charge in [-0.3, -0.25) is 0 Å². The summed E-state index contributed by atoms with van der Waals surface area (Å²) in [4.78, 5) is 13.5. The van der Waals surface area contributed by atoms with E-state index in [9.17, 15) is 9.18 Å². The van der Waals surface area contributed by atoms with Gasteiger partial charge in [0.2, 0.25) is 0 Å². The van der Waals surface area contributed by atoms with Crippen LogP contribution in [0.15, 0.2) is 16.6 Å². The van der Waals surface area contributed by atoms with Gasteiger partial charge in [0.1, 0.15) is 11.4 Å². The Bertz CT molecular complexity index is 497. The number of hydrogen-bond acceptors (Lipinski definition) is 2. The number of hydrogen-bond donors (Lipinski definition) is 0. The Labute approximate surface area is 128 Å². The van der Waals surface area contributed by atoms with Crippen LogP contribution < -0.4 is 0 Å². The van der Waals surface area contributed by atoms with Gasteiger partial charge in [-0.05, 0) is 46.2 Å². The fourth-order valence-electron chi connectivity index (χ4n) is 1.68. The topological polar surface area (TPSA) is 29.5 Å². The maximum absolute atomic E-state index is 13.9. The summed E-state index contributed by atoms with van der Waals surface area (Å²) in [5.41, 5.74) is 0.860. The highest BCUT2D eigenvalue weighted by molar-refractivity contribution is 9.10. The zero-order valence-electron chi connectivity index (χ0n) is 12.6. The van der Waals surface area contributed by atoms with Crippen LogP contribution in [0.2, 0.25) is 0 Å². The number of amides is 1. The van der Waals surface area contributed by atoms with Crippen molar-refractivity contribution in [2.75, 3.05) is 6.54 Å². The fourth-order valence-corrected chi connectivity index (χ4v) is 1.99. The molecule has 0 saturated heterocycles. The zero-order valence-corrected chi connectivity index (χ0v) is 14.2. The quantitative estimate of drug-likeness (QED) is 0.797. The second-order valence-corrected chi connectivity index (χ2v) is 6.54. The van der Waals surface area contributed by atoms with Gasteiger partial charge >= 0.3 is 6.09 Å². The van der Waals surface area contributed by atoms with Gasteiger partial charge in [-0.1, -0.05) is 22.0 Å². The molecule has 0 fully saturated rings. The summed E-state index contributed by atoms with van der Waals surface area (Å²) in [6.07, 6.45) is -0.431. The van der Waals surface area contributed by atoms with Crippen LogP contribution in [0, 0.1) is 12.7 Å². The van der Waals surface area contributed by atoms with Crippen LogP contribution in [-0.2, 0) is 11.3 Å². The predicted molar refractivity (Wildman–Crippen MR) is 81.2 cm³/mol. The van der Waals surface area contributed by atoms with Crippen molar-refractivity contribution >= 4 is 22.0 Å². The lowest BCUT2D eigenvalue weighted by Crippen LogP contribution is -2.36. The van der Waals surface area contributed by atoms with Crippen LogP contribution >= 0.6 is 15.9 Å². The Morgan fingerprint density at radius 2 is 2.00 bits per heavy atom. The van der Waals surface area contributed by atoms with E-state index in [2.05, 4.69) is 15.9 Å². The summed E-state index contributed by atoms with van der Waals surface area (Å²) < 4.78 is 20.0. The third kappa shape index (κ3) is 4.78. The van der Waals surface area contributed by atoms with Gasteiger partial charge in [0.15, 0.2) is 0 Å². The van der Waals surface area contributed by atoms with Crippen molar-refractivity contribution in [3.05, 3.63) is 33.5 Å². The maximum atomic E-state index is 13.9. The van der Waals surface area contributed by atoms with E-state index >= 15 is 0 Å². The van der Waals surface area contributed by atoms with E-state index in [-0.39, 0.29) is 12.4 Å². The summed E-state index contributed by atoms with van der Waals surface area (Å²) in [6.45, 7) is 9.81. The third-order valence-corrected chi connectivity index (χ3v) is 3.58. The molecule has 0 aliphatic heterocycles. The highest BCUT2D eigenvalue weighted by Gasteiger charge is 2.22. The van der Waals surface area contributed by atoms with E-state index in [1.165, 1.54) is 11.0 Å². The molecule has 1 amide bonds. The first-order chi connectivity index (χ1) is 9.14. The van der Waals surface area contributed by atoms with Gasteiger partial charge in [-0.15, -0.1) is 0 Å². The first-order valence-electron chi connectivity index (χ1n) is 6.56. The van der Waals surface area contributed by atoms with Gasteiger partial charge in [0.05, 0.1) is 6.54 Å². The van der Waals surface area contributed by atoms with Gasteiger partial charge in [0, 0.05) is 16.6 Å². The van der Waals surface area contributed by atoms with Gasteiger partial charge in [-0.25, -0.2) is 9.18 Å². The van der Waals surface area contributed by atoms with Crippen molar-refractivity contribution in [3.63, 3.8) is 0 Å². The molecule has 112 valence electrons. The van der Waals surface area contributed by atoms with Crippen LogP contribution in [0.5, 0.6) is 0 Å². The molecule has 0 aliphatic rings. The lowest BCUT2D eigenvalue weighted by Gasteiger charge is -2.26. The van der Waals surface area contributed by atoms with Crippen molar-refractivity contribution in [2.45, 2.75) is 46.8 Å². The largest absolute Gasteiger partial charge is 0.444 e. The monoisotopic (exact) mass is 345 g/mol. The first kappa shape index (κ1) is 17.0. The Kier molecular flexibility index (Phi) is 5.57. The van der Waals surface area contributed by atoms with E-state index in [0.717, 1.165) is 10.0 Å². The third-order valence-electron chi connectivity index (χ3n) is 2.72. The van der Waals surface area contributed by atoms with Crippen molar-refractivity contribution < 1.29 is 13.9 Å². The minimum atomic E-state index is -0.557. The van der Waals surface area contributed by atoms with Crippen molar-refractivity contribution in [1.82, 2.24) is 4.90 Å². The summed E-state index contributed by atoms with van der Waals surface area (Å²) in [5.74, 6) is -0.329. The molecule has 3 nitrogen and oxygen atoms in total. The summed E-state index contributed by atoms with van der Waals surface area (Å²) >= 11 is 3.29. The molecule has 20 heavy (non-hydrogen) atoms. The Morgan fingerprint density at radius 1 is 1.40 bits per heavy atom. The standard InChI is InChI=1S/C15H21BrFNO2/c1-6-18(14(19)20-15(3,4)5)9-11-7-10(2)12(16)8-13(11)17/h7-8H,6,9H2,1-5H3. The summed E-state index contributed by atoms with van der Waals surface area (Å²) in [6, 6.07) is 3.17. The van der Waals surface area contributed by atoms with Crippen LogP contribution in [-0.4, -0.2) is 23.1 Å². The second kappa shape index (κ2) is 6.57. The molecule has 0 unspecified atom stereocenters. The number of aryl methyl sites for hydroxylation is 1. The van der Waals surface area contributed by atoms with E-state index in [0.29, 0.717) is 12.1 Å². The van der Waals surface area contributed by atoms with Gasteiger partial charge in [-0.2, -0.15) is 0 Å². The Hall–Kier alpha value is -1.10. The molecule has 0 atom stereocenters. The lowest BCUT2D eigenvalue weighted by atomic mass is 10.1. The van der Waals surface area contributed by atoms with Crippen molar-refractivity contribution in [3.8, 4) is 0 Å². The molecule has 1 aromatic rings. The summed E-state index contributed by atoms with van der Waals surface area (Å²) in [5, 5.41) is 0. The van der Waals surface area contributed by atoms with E-state index < -0.39 is 11.7 Å². The average Bonchev–Trinajstić information content (AvgIpc) is 2.29. The number of nitrogens with zero attached hydrogens (tertiary/aromatic N) is 1. The van der Waals surface area contributed by atoms with Crippen LogP contribution in [0.4, 0.5) is 9.18 Å². The molecule has 1 rings (SSSR count). The van der Waals surface area contributed by atoms with Gasteiger partial charge < -0.3 is 9.64 Å². The number of halogens is 2. The Morgan fingerprint density at radius 3 is 2.50 bits per heavy atom. The average molecular weight is 346 g/mol. The number of rotatable bonds is 3. The molecule has 1 aromatic carbocycles. The van der Waals surface area contributed by atoms with Crippen molar-refractivity contribution in [1.29, 1.82) is 0 Å². The van der Waals surface area contributed by atoms with E-state index in [1.807, 2.05) is 34.6 Å². The molecule has 0 bridgehead atoms. The molecule has 0 spiro atoms. The minimum absolute atomic E-state index is 0.200. The molecule has 0 saturated carbocycles. The number of carbonyl (C=O) groups excluding carboxylic acids is 1. The molecule has 0 radical (unpaired) electrons. The minimum Gasteiger partial charge on any atom is -0.444 e. The van der Waals surface area contributed by atoms with Crippen LogP contribution in [0.1, 0.15) is 38.8 Å². The fraction of sp³-hybridized carbons (Fsp3) is 0.533. The normalized spacial score (nSPS) is 11.3. The van der Waals surface area contributed by atoms with E-state index in [4.69, 9.17) is 4.74 Å². The molecular weight excluding hydrogens is 325 g/mol. The molecule has 0 heterocycles. The van der Waals surface area contributed by atoms with Crippen molar-refractivity contribution in [2.24, 2.45) is 0 Å². The predicted octanol–water partition coefficient (Wildman–Crippen LogP) is 4.65. The van der Waals surface area contributed by atoms with Crippen LogP contribution in [0.25, 0.3) is 0 Å². The van der Waals surface area contributed by atoms with E-state index in [1.54, 1.807) is 6.07 Å². The van der Waals surface area contributed by atoms with Crippen LogP contribution in [0.3, 0.4) is 0 Å². The molecule has 0 N–H and O–H groups in total. The number of carbonyl (C=O) groups is 1. The molecular formula is C15H21BrFNO2. The number of benzene rings is 1. The lowest BCUT2D eigenvalue weighted by molar-refractivity contribution is 0.0243. The SMILES string of the molecule is CCN(Cc1cc(C)c(Br)cc1F)C(=O)OC(C)(C)C. The summed E-state index contributed by atoms with van der Waals surface area (Å²) in [7, 11) is 0.